The van der Waals surface area contributed by atoms with Gasteiger partial charge in [0.05, 0.1) is 6.33 Å². The molecule has 0 aliphatic rings. The fourth-order valence-corrected chi connectivity index (χ4v) is 2.25. The number of H-pyrrole nitrogens is 1. The van der Waals surface area contributed by atoms with Crippen LogP contribution in [0.2, 0.25) is 0 Å². The molecular weight excluding hydrogens is 320 g/mol. The van der Waals surface area contributed by atoms with Crippen molar-refractivity contribution in [2.24, 2.45) is 0 Å². The SMILES string of the molecule is O=C(NCCn1ccnc1)c1cc(=O)c(OCc2ccccc2)c[nH]1. The Bertz CT molecular complexity index is 873. The molecule has 3 rings (SSSR count). The molecular formula is C18H18N4O3. The minimum atomic E-state index is -0.341. The lowest BCUT2D eigenvalue weighted by molar-refractivity contribution is 0.0947. The van der Waals surface area contributed by atoms with E-state index in [1.165, 1.54) is 12.3 Å². The van der Waals surface area contributed by atoms with Crippen LogP contribution in [0.25, 0.3) is 0 Å². The lowest BCUT2D eigenvalue weighted by atomic mass is 10.2. The second-order valence-electron chi connectivity index (χ2n) is 5.41. The molecule has 1 amide bonds. The number of aromatic amines is 1. The van der Waals surface area contributed by atoms with Crippen LogP contribution in [0.5, 0.6) is 5.75 Å². The molecule has 0 atom stereocenters. The topological polar surface area (TPSA) is 89.0 Å². The quantitative estimate of drug-likeness (QED) is 0.684. The third-order valence-electron chi connectivity index (χ3n) is 3.57. The van der Waals surface area contributed by atoms with E-state index in [0.717, 1.165) is 5.56 Å². The van der Waals surface area contributed by atoms with Crippen LogP contribution in [0.15, 0.2) is 66.1 Å². The van der Waals surface area contributed by atoms with Crippen LogP contribution in [-0.4, -0.2) is 27.0 Å². The molecule has 0 fully saturated rings. The average molecular weight is 338 g/mol. The van der Waals surface area contributed by atoms with Crippen molar-refractivity contribution in [2.75, 3.05) is 6.54 Å². The summed E-state index contributed by atoms with van der Waals surface area (Å²) in [5.74, 6) is -0.161. The first-order chi connectivity index (χ1) is 12.2. The van der Waals surface area contributed by atoms with Gasteiger partial charge in [-0.25, -0.2) is 4.98 Å². The number of amides is 1. The number of benzene rings is 1. The third kappa shape index (κ3) is 4.57. The van der Waals surface area contributed by atoms with Gasteiger partial charge in [-0.2, -0.15) is 0 Å². The van der Waals surface area contributed by atoms with Crippen molar-refractivity contribution in [3.05, 3.63) is 82.8 Å². The highest BCUT2D eigenvalue weighted by atomic mass is 16.5. The molecule has 128 valence electrons. The standard InChI is InChI=1S/C18H18N4O3/c23-16-10-15(18(24)20-7-9-22-8-6-19-13-22)21-11-17(16)25-12-14-4-2-1-3-5-14/h1-6,8,10-11,13H,7,9,12H2,(H,20,24)(H,21,23). The van der Waals surface area contributed by atoms with Crippen LogP contribution in [-0.2, 0) is 13.2 Å². The molecule has 0 bridgehead atoms. The van der Waals surface area contributed by atoms with Crippen molar-refractivity contribution in [1.82, 2.24) is 19.9 Å². The zero-order chi connectivity index (χ0) is 17.5. The zero-order valence-electron chi connectivity index (χ0n) is 13.5. The summed E-state index contributed by atoms with van der Waals surface area (Å²) in [6.45, 7) is 1.33. The van der Waals surface area contributed by atoms with Crippen molar-refractivity contribution in [2.45, 2.75) is 13.2 Å². The van der Waals surface area contributed by atoms with Gasteiger partial charge in [0.2, 0.25) is 5.43 Å². The summed E-state index contributed by atoms with van der Waals surface area (Å²) in [7, 11) is 0. The largest absolute Gasteiger partial charge is 0.483 e. The Morgan fingerprint density at radius 2 is 2.12 bits per heavy atom. The minimum absolute atomic E-state index is 0.179. The number of imidazole rings is 1. The van der Waals surface area contributed by atoms with Crippen molar-refractivity contribution < 1.29 is 9.53 Å². The number of nitrogens with zero attached hydrogens (tertiary/aromatic N) is 2. The van der Waals surface area contributed by atoms with E-state index in [9.17, 15) is 9.59 Å². The van der Waals surface area contributed by atoms with E-state index in [0.29, 0.717) is 19.7 Å². The smallest absolute Gasteiger partial charge is 0.267 e. The molecule has 0 saturated carbocycles. The number of pyridine rings is 1. The second kappa shape index (κ2) is 7.96. The second-order valence-corrected chi connectivity index (χ2v) is 5.41. The van der Waals surface area contributed by atoms with Gasteiger partial charge >= 0.3 is 0 Å². The third-order valence-corrected chi connectivity index (χ3v) is 3.57. The van der Waals surface area contributed by atoms with Gasteiger partial charge < -0.3 is 19.6 Å². The lowest BCUT2D eigenvalue weighted by Gasteiger charge is -2.08. The molecule has 1 aromatic carbocycles. The molecule has 0 spiro atoms. The highest BCUT2D eigenvalue weighted by molar-refractivity contribution is 5.92. The van der Waals surface area contributed by atoms with E-state index in [4.69, 9.17) is 4.74 Å². The van der Waals surface area contributed by atoms with Crippen molar-refractivity contribution in [3.8, 4) is 5.75 Å². The Hall–Kier alpha value is -3.35. The molecule has 2 N–H and O–H groups in total. The Morgan fingerprint density at radius 1 is 1.28 bits per heavy atom. The van der Waals surface area contributed by atoms with Gasteiger partial charge in [0.1, 0.15) is 12.3 Å². The van der Waals surface area contributed by atoms with Crippen LogP contribution in [0.3, 0.4) is 0 Å². The molecule has 2 heterocycles. The monoisotopic (exact) mass is 338 g/mol. The molecule has 0 aliphatic carbocycles. The molecule has 0 saturated heterocycles. The van der Waals surface area contributed by atoms with E-state index in [1.807, 2.05) is 41.1 Å². The molecule has 2 aromatic heterocycles. The van der Waals surface area contributed by atoms with Gasteiger partial charge in [0, 0.05) is 37.7 Å². The first-order valence-electron chi connectivity index (χ1n) is 7.86. The molecule has 0 aliphatic heterocycles. The normalized spacial score (nSPS) is 10.4. The maximum absolute atomic E-state index is 12.1. The minimum Gasteiger partial charge on any atom is -0.483 e. The van der Waals surface area contributed by atoms with Crippen molar-refractivity contribution in [3.63, 3.8) is 0 Å². The Balaban J connectivity index is 1.55. The van der Waals surface area contributed by atoms with Crippen LogP contribution >= 0.6 is 0 Å². The summed E-state index contributed by atoms with van der Waals surface area (Å²) >= 11 is 0. The van der Waals surface area contributed by atoms with E-state index in [2.05, 4.69) is 15.3 Å². The molecule has 0 unspecified atom stereocenters. The van der Waals surface area contributed by atoms with Crippen LogP contribution in [0.4, 0.5) is 0 Å². The van der Waals surface area contributed by atoms with E-state index in [-0.39, 0.29) is 22.8 Å². The fraction of sp³-hybridized carbons (Fsp3) is 0.167. The van der Waals surface area contributed by atoms with E-state index in [1.54, 1.807) is 12.5 Å². The molecule has 7 heteroatoms. The molecule has 7 nitrogen and oxygen atoms in total. The summed E-state index contributed by atoms with van der Waals surface area (Å²) in [6.07, 6.45) is 6.57. The van der Waals surface area contributed by atoms with Gasteiger partial charge in [-0.05, 0) is 5.56 Å². The van der Waals surface area contributed by atoms with Gasteiger partial charge in [0.15, 0.2) is 5.75 Å². The van der Waals surface area contributed by atoms with Gasteiger partial charge in [0.25, 0.3) is 5.91 Å². The molecule has 0 radical (unpaired) electrons. The highest BCUT2D eigenvalue weighted by Gasteiger charge is 2.09. The van der Waals surface area contributed by atoms with Gasteiger partial charge in [-0.3, -0.25) is 9.59 Å². The van der Waals surface area contributed by atoms with Gasteiger partial charge in [-0.15, -0.1) is 0 Å². The van der Waals surface area contributed by atoms with Crippen molar-refractivity contribution >= 4 is 5.91 Å². The lowest BCUT2D eigenvalue weighted by Crippen LogP contribution is -2.28. The number of hydrogen-bond acceptors (Lipinski definition) is 4. The summed E-state index contributed by atoms with van der Waals surface area (Å²) in [5.41, 5.74) is 0.820. The summed E-state index contributed by atoms with van der Waals surface area (Å²) < 4.78 is 7.35. The first kappa shape index (κ1) is 16.5. The van der Waals surface area contributed by atoms with E-state index < -0.39 is 0 Å². The maximum atomic E-state index is 12.1. The predicted molar refractivity (Wildman–Crippen MR) is 92.4 cm³/mol. The number of hydrogen-bond donors (Lipinski definition) is 2. The molecule has 25 heavy (non-hydrogen) atoms. The number of carbonyl (C=O) groups excluding carboxylic acids is 1. The highest BCUT2D eigenvalue weighted by Crippen LogP contribution is 2.07. The Morgan fingerprint density at radius 3 is 2.84 bits per heavy atom. The van der Waals surface area contributed by atoms with Crippen LogP contribution in [0, 0.1) is 0 Å². The van der Waals surface area contributed by atoms with Gasteiger partial charge in [-0.1, -0.05) is 30.3 Å². The maximum Gasteiger partial charge on any atom is 0.267 e. The molecule has 3 aromatic rings. The zero-order valence-corrected chi connectivity index (χ0v) is 13.5. The predicted octanol–water partition coefficient (Wildman–Crippen LogP) is 1.58. The van der Waals surface area contributed by atoms with Crippen molar-refractivity contribution in [1.29, 1.82) is 0 Å². The fourth-order valence-electron chi connectivity index (χ4n) is 2.25. The Labute approximate surface area is 144 Å². The number of nitrogens with one attached hydrogen (secondary N) is 2. The van der Waals surface area contributed by atoms with E-state index >= 15 is 0 Å². The first-order valence-corrected chi connectivity index (χ1v) is 7.86. The average Bonchev–Trinajstić information content (AvgIpc) is 3.15. The van der Waals surface area contributed by atoms with Crippen LogP contribution in [0.1, 0.15) is 16.1 Å². The number of carbonyl (C=O) groups is 1. The van der Waals surface area contributed by atoms with Crippen LogP contribution < -0.4 is 15.5 Å². The summed E-state index contributed by atoms with van der Waals surface area (Å²) in [4.78, 5) is 30.9. The summed E-state index contributed by atoms with van der Waals surface area (Å²) in [5, 5.41) is 2.74. The number of ether oxygens (including phenoxy) is 1. The number of aromatic nitrogens is 3. The Kier molecular flexibility index (Phi) is 5.26. The number of rotatable bonds is 7. The summed E-state index contributed by atoms with van der Waals surface area (Å²) in [6, 6.07) is 10.8.